The Morgan fingerprint density at radius 3 is 1.30 bits per heavy atom. The fraction of sp³-hybridized carbons (Fsp3) is 0.745. The van der Waals surface area contributed by atoms with Gasteiger partial charge in [0.25, 0.3) is 0 Å². The van der Waals surface area contributed by atoms with Crippen molar-refractivity contribution in [2.24, 2.45) is 0 Å². The minimum atomic E-state index is -0.560. The molecule has 0 fully saturated rings. The van der Waals surface area contributed by atoms with E-state index in [9.17, 15) is 9.59 Å². The molecule has 0 saturated carbocycles. The summed E-state index contributed by atoms with van der Waals surface area (Å²) in [5.41, 5.74) is 0. The molecule has 0 aliphatic rings. The van der Waals surface area contributed by atoms with Crippen molar-refractivity contribution in [3.8, 4) is 0 Å². The Morgan fingerprint density at radius 2 is 0.783 bits per heavy atom. The quantitative estimate of drug-likeness (QED) is 0.0347. The Labute approximate surface area is 372 Å². The summed E-state index contributed by atoms with van der Waals surface area (Å²) >= 11 is 0. The van der Waals surface area contributed by atoms with Gasteiger partial charge in [-0.15, -0.1) is 0 Å². The van der Waals surface area contributed by atoms with E-state index >= 15 is 0 Å². The summed E-state index contributed by atoms with van der Waals surface area (Å²) in [5, 5.41) is 0. The first-order chi connectivity index (χ1) is 29.6. The topological polar surface area (TPSA) is 61.8 Å². The van der Waals surface area contributed by atoms with Crippen LogP contribution in [0.5, 0.6) is 0 Å². The Kier molecular flexibility index (Phi) is 48.4. The van der Waals surface area contributed by atoms with Crippen LogP contribution in [0.25, 0.3) is 0 Å². The predicted octanol–water partition coefficient (Wildman–Crippen LogP) is 17.1. The highest BCUT2D eigenvalue weighted by atomic mass is 16.6. The van der Waals surface area contributed by atoms with Gasteiger partial charge < -0.3 is 14.2 Å². The van der Waals surface area contributed by atoms with Gasteiger partial charge >= 0.3 is 11.9 Å². The lowest BCUT2D eigenvalue weighted by Crippen LogP contribution is -2.30. The number of ether oxygens (including phenoxy) is 3. The summed E-state index contributed by atoms with van der Waals surface area (Å²) < 4.78 is 17.4. The summed E-state index contributed by atoms with van der Waals surface area (Å²) in [5.74, 6) is -0.458. The third-order valence-electron chi connectivity index (χ3n) is 10.7. The number of hydrogen-bond donors (Lipinski definition) is 0. The first-order valence-corrected chi connectivity index (χ1v) is 25.5. The molecule has 0 radical (unpaired) electrons. The molecule has 0 heterocycles. The van der Waals surface area contributed by atoms with Gasteiger partial charge in [-0.2, -0.15) is 0 Å². The number of allylic oxidation sites excluding steroid dienone is 12. The van der Waals surface area contributed by atoms with Crippen molar-refractivity contribution in [3.63, 3.8) is 0 Å². The molecule has 0 amide bonds. The van der Waals surface area contributed by atoms with Crippen molar-refractivity contribution in [2.45, 2.75) is 245 Å². The van der Waals surface area contributed by atoms with E-state index in [1.165, 1.54) is 109 Å². The Balaban J connectivity index is 4.33. The summed E-state index contributed by atoms with van der Waals surface area (Å²) in [7, 11) is 0. The van der Waals surface area contributed by atoms with Crippen molar-refractivity contribution in [1.82, 2.24) is 0 Å². The molecule has 346 valence electrons. The number of carbonyl (C=O) groups is 2. The van der Waals surface area contributed by atoms with Crippen LogP contribution in [0, 0.1) is 0 Å². The molecule has 0 N–H and O–H groups in total. The fourth-order valence-electron chi connectivity index (χ4n) is 6.95. The zero-order chi connectivity index (χ0) is 43.5. The van der Waals surface area contributed by atoms with Crippen molar-refractivity contribution < 1.29 is 23.8 Å². The third kappa shape index (κ3) is 48.0. The van der Waals surface area contributed by atoms with Crippen LogP contribution in [-0.4, -0.2) is 37.9 Å². The van der Waals surface area contributed by atoms with Crippen LogP contribution in [0.4, 0.5) is 0 Å². The Morgan fingerprint density at radius 1 is 0.383 bits per heavy atom. The molecule has 0 bridgehead atoms. The van der Waals surface area contributed by atoms with Gasteiger partial charge in [0.15, 0.2) is 6.10 Å². The summed E-state index contributed by atoms with van der Waals surface area (Å²) in [6.07, 6.45) is 64.8. The first-order valence-electron chi connectivity index (χ1n) is 25.5. The standard InChI is InChI=1S/C55H96O5/c1-4-7-10-13-16-19-22-25-27-29-32-35-38-41-44-47-50-58-51-53(60-55(57)49-46-43-40-37-34-30-24-21-18-15-12-9-6-3)52-59-54(56)48-45-42-39-36-33-31-28-26-23-20-17-14-11-8-5-2/h8,11-12,15,17,20-21,24,26,28,33,36,53H,4-7,9-10,13-14,16,18-19,22-23,25,27,29-32,34-35,37-52H2,1-3H3/b11-8-,15-12-,20-17-,24-21-,28-26-,36-33-. The number of carbonyl (C=O) groups excluding carboxylic acids is 2. The molecule has 0 saturated heterocycles. The SMILES string of the molecule is CC/C=C\C/C=C\C/C=C\C/C=C\CCCCC(=O)OCC(COCCCCCCCCCCCCCCCCCC)OC(=O)CCCCCCC/C=C\C/C=C\CCC. The summed E-state index contributed by atoms with van der Waals surface area (Å²) in [6, 6.07) is 0. The van der Waals surface area contributed by atoms with Crippen molar-refractivity contribution >= 4 is 11.9 Å². The van der Waals surface area contributed by atoms with Gasteiger partial charge in [-0.3, -0.25) is 9.59 Å². The van der Waals surface area contributed by atoms with Crippen molar-refractivity contribution in [2.75, 3.05) is 19.8 Å². The van der Waals surface area contributed by atoms with E-state index in [1.807, 2.05) is 0 Å². The van der Waals surface area contributed by atoms with Crippen LogP contribution in [0.15, 0.2) is 72.9 Å². The average molecular weight is 837 g/mol. The molecule has 0 aromatic carbocycles. The monoisotopic (exact) mass is 837 g/mol. The van der Waals surface area contributed by atoms with Gasteiger partial charge in [-0.25, -0.2) is 0 Å². The second kappa shape index (κ2) is 50.7. The normalized spacial score (nSPS) is 12.8. The average Bonchev–Trinajstić information content (AvgIpc) is 3.25. The highest BCUT2D eigenvalue weighted by molar-refractivity contribution is 5.70. The molecule has 0 rings (SSSR count). The lowest BCUT2D eigenvalue weighted by molar-refractivity contribution is -0.163. The lowest BCUT2D eigenvalue weighted by Gasteiger charge is -2.18. The molecule has 0 spiro atoms. The minimum Gasteiger partial charge on any atom is -0.462 e. The van der Waals surface area contributed by atoms with E-state index in [0.29, 0.717) is 19.4 Å². The number of unbranched alkanes of at least 4 members (excludes halogenated alkanes) is 23. The molecule has 0 aromatic heterocycles. The van der Waals surface area contributed by atoms with E-state index in [-0.39, 0.29) is 25.2 Å². The van der Waals surface area contributed by atoms with Crippen molar-refractivity contribution in [3.05, 3.63) is 72.9 Å². The second-order valence-electron chi connectivity index (χ2n) is 16.7. The molecule has 5 nitrogen and oxygen atoms in total. The molecule has 0 aliphatic carbocycles. The number of hydrogen-bond acceptors (Lipinski definition) is 5. The molecule has 1 atom stereocenters. The van der Waals surface area contributed by atoms with Crippen LogP contribution >= 0.6 is 0 Å². The summed E-state index contributed by atoms with van der Waals surface area (Å²) in [4.78, 5) is 25.3. The van der Waals surface area contributed by atoms with Crippen LogP contribution in [-0.2, 0) is 23.8 Å². The largest absolute Gasteiger partial charge is 0.462 e. The van der Waals surface area contributed by atoms with E-state index < -0.39 is 6.10 Å². The highest BCUT2D eigenvalue weighted by Crippen LogP contribution is 2.15. The van der Waals surface area contributed by atoms with Crippen molar-refractivity contribution in [1.29, 1.82) is 0 Å². The molecule has 60 heavy (non-hydrogen) atoms. The molecule has 1 unspecified atom stereocenters. The van der Waals surface area contributed by atoms with Gasteiger partial charge in [0.2, 0.25) is 0 Å². The van der Waals surface area contributed by atoms with Gasteiger partial charge in [-0.1, -0.05) is 216 Å². The fourth-order valence-corrected chi connectivity index (χ4v) is 6.95. The van der Waals surface area contributed by atoms with Crippen LogP contribution in [0.1, 0.15) is 239 Å². The Hall–Kier alpha value is -2.66. The number of rotatable bonds is 46. The first kappa shape index (κ1) is 57.3. The highest BCUT2D eigenvalue weighted by Gasteiger charge is 2.17. The third-order valence-corrected chi connectivity index (χ3v) is 10.7. The zero-order valence-corrected chi connectivity index (χ0v) is 39.7. The van der Waals surface area contributed by atoms with E-state index in [2.05, 4.69) is 93.7 Å². The second-order valence-corrected chi connectivity index (χ2v) is 16.7. The van der Waals surface area contributed by atoms with E-state index in [0.717, 1.165) is 96.3 Å². The zero-order valence-electron chi connectivity index (χ0n) is 39.7. The molecular formula is C55H96O5. The molecular weight excluding hydrogens is 741 g/mol. The predicted molar refractivity (Wildman–Crippen MR) is 260 cm³/mol. The number of esters is 2. The smallest absolute Gasteiger partial charge is 0.306 e. The van der Waals surface area contributed by atoms with Crippen LogP contribution in [0.3, 0.4) is 0 Å². The van der Waals surface area contributed by atoms with Crippen LogP contribution in [0.2, 0.25) is 0 Å². The minimum absolute atomic E-state index is 0.0578. The van der Waals surface area contributed by atoms with Gasteiger partial charge in [-0.05, 0) is 83.5 Å². The maximum atomic E-state index is 12.8. The lowest BCUT2D eigenvalue weighted by atomic mass is 10.0. The maximum absolute atomic E-state index is 12.8. The van der Waals surface area contributed by atoms with Gasteiger partial charge in [0.1, 0.15) is 6.61 Å². The van der Waals surface area contributed by atoms with E-state index in [1.54, 1.807) is 0 Å². The molecule has 0 aromatic rings. The summed E-state index contributed by atoms with van der Waals surface area (Å²) in [6.45, 7) is 7.61. The van der Waals surface area contributed by atoms with E-state index in [4.69, 9.17) is 14.2 Å². The van der Waals surface area contributed by atoms with Gasteiger partial charge in [0.05, 0.1) is 6.61 Å². The maximum Gasteiger partial charge on any atom is 0.306 e. The Bertz CT molecular complexity index is 1080. The molecule has 0 aliphatic heterocycles. The molecule has 5 heteroatoms. The van der Waals surface area contributed by atoms with Gasteiger partial charge in [0, 0.05) is 19.4 Å². The van der Waals surface area contributed by atoms with Crippen LogP contribution < -0.4 is 0 Å².